The van der Waals surface area contributed by atoms with Gasteiger partial charge in [0.15, 0.2) is 5.75 Å². The highest BCUT2D eigenvalue weighted by Crippen LogP contribution is 2.33. The molecule has 0 fully saturated rings. The van der Waals surface area contributed by atoms with Gasteiger partial charge in [0.2, 0.25) is 10.0 Å². The summed E-state index contributed by atoms with van der Waals surface area (Å²) in [6.07, 6.45) is 0. The van der Waals surface area contributed by atoms with Gasteiger partial charge in [-0.3, -0.25) is 4.72 Å². The summed E-state index contributed by atoms with van der Waals surface area (Å²) < 4.78 is 61.5. The van der Waals surface area contributed by atoms with Gasteiger partial charge in [0.1, 0.15) is 5.75 Å². The van der Waals surface area contributed by atoms with E-state index in [1.807, 2.05) is 6.07 Å². The van der Waals surface area contributed by atoms with Crippen LogP contribution in [0.4, 0.5) is 5.69 Å². The third-order valence-corrected chi connectivity index (χ3v) is 7.96. The van der Waals surface area contributed by atoms with Crippen LogP contribution in [0.2, 0.25) is 0 Å². The molecule has 0 unspecified atom stereocenters. The predicted octanol–water partition coefficient (Wildman–Crippen LogP) is 3.12. The molecule has 0 aliphatic carbocycles. The molecule has 0 radical (unpaired) electrons. The molecule has 2 aromatic rings. The first kappa shape index (κ1) is 23.1. The van der Waals surface area contributed by atoms with Crippen LogP contribution in [0, 0.1) is 0 Å². The molecule has 0 bridgehead atoms. The summed E-state index contributed by atoms with van der Waals surface area (Å²) in [5.74, 6) is 0.693. The number of hydrogen-bond donors (Lipinski definition) is 1. The smallest absolute Gasteiger partial charge is 0.301 e. The molecule has 160 valence electrons. The largest absolute Gasteiger partial charge is 0.455 e. The van der Waals surface area contributed by atoms with Gasteiger partial charge in [0.05, 0.1) is 10.6 Å². The van der Waals surface area contributed by atoms with Crippen molar-refractivity contribution in [2.45, 2.75) is 25.7 Å². The lowest BCUT2D eigenvalue weighted by Gasteiger charge is -2.21. The summed E-state index contributed by atoms with van der Waals surface area (Å²) in [7, 11) is -6.22. The van der Waals surface area contributed by atoms with Gasteiger partial charge < -0.3 is 4.74 Å². The Labute approximate surface area is 173 Å². The van der Waals surface area contributed by atoms with Crippen molar-refractivity contribution < 1.29 is 21.6 Å². The molecule has 0 saturated heterocycles. The maximum absolute atomic E-state index is 12.9. The first-order valence-electron chi connectivity index (χ1n) is 9.26. The fourth-order valence-electron chi connectivity index (χ4n) is 2.55. The molecule has 2 rings (SSSR count). The Morgan fingerprint density at radius 1 is 0.897 bits per heavy atom. The number of para-hydroxylation sites is 1. The van der Waals surface area contributed by atoms with Crippen molar-refractivity contribution in [3.8, 4) is 11.5 Å². The highest BCUT2D eigenvalue weighted by Gasteiger charge is 2.25. The molecular weight excluding hydrogens is 414 g/mol. The zero-order chi connectivity index (χ0) is 21.7. The molecule has 0 aliphatic rings. The van der Waals surface area contributed by atoms with E-state index >= 15 is 0 Å². The Morgan fingerprint density at radius 2 is 1.52 bits per heavy atom. The van der Waals surface area contributed by atoms with Crippen molar-refractivity contribution >= 4 is 25.9 Å². The van der Waals surface area contributed by atoms with E-state index in [-0.39, 0.29) is 22.9 Å². The highest BCUT2D eigenvalue weighted by atomic mass is 32.2. The topological polar surface area (TPSA) is 96.0 Å². The second-order valence-corrected chi connectivity index (χ2v) is 9.90. The van der Waals surface area contributed by atoms with Crippen LogP contribution in [0.25, 0.3) is 0 Å². The minimum Gasteiger partial charge on any atom is -0.455 e. The molecule has 2 aromatic carbocycles. The third kappa shape index (κ3) is 5.47. The minimum absolute atomic E-state index is 0.0153. The predicted molar refractivity (Wildman–Crippen MR) is 114 cm³/mol. The number of hydrogen-bond acceptors (Lipinski definition) is 5. The van der Waals surface area contributed by atoms with Crippen LogP contribution in [0.1, 0.15) is 20.8 Å². The molecule has 0 aromatic heterocycles. The minimum atomic E-state index is -3.88. The van der Waals surface area contributed by atoms with Crippen molar-refractivity contribution in [2.24, 2.45) is 0 Å². The lowest BCUT2D eigenvalue weighted by molar-refractivity contribution is 0.445. The number of rotatable bonds is 10. The lowest BCUT2D eigenvalue weighted by atomic mass is 10.3. The normalized spacial score (nSPS) is 12.3. The molecular formula is C19H27N3O5S2. The summed E-state index contributed by atoms with van der Waals surface area (Å²) in [5, 5.41) is 0. The standard InChI is InChI=1S/C19H27N3O5S2/c1-5-21(4)29(25,26)20-18-15-17(28(23,24)22(6-2)7-3)13-14-19(18)27-16-11-9-8-10-12-16/h8-15,20H,5-7H2,1-4H3. The van der Waals surface area contributed by atoms with E-state index in [2.05, 4.69) is 4.72 Å². The second kappa shape index (κ2) is 9.57. The van der Waals surface area contributed by atoms with Gasteiger partial charge in [0.25, 0.3) is 0 Å². The number of anilines is 1. The van der Waals surface area contributed by atoms with E-state index < -0.39 is 20.2 Å². The van der Waals surface area contributed by atoms with Crippen LogP contribution in [-0.4, -0.2) is 52.1 Å². The Hall–Kier alpha value is -2.14. The van der Waals surface area contributed by atoms with Gasteiger partial charge in [-0.1, -0.05) is 39.0 Å². The van der Waals surface area contributed by atoms with Crippen LogP contribution in [0.3, 0.4) is 0 Å². The zero-order valence-electron chi connectivity index (χ0n) is 17.0. The van der Waals surface area contributed by atoms with Crippen molar-refractivity contribution in [2.75, 3.05) is 31.4 Å². The van der Waals surface area contributed by atoms with Gasteiger partial charge in [-0.15, -0.1) is 0 Å². The van der Waals surface area contributed by atoms with E-state index in [1.165, 1.54) is 29.6 Å². The monoisotopic (exact) mass is 441 g/mol. The molecule has 10 heteroatoms. The molecule has 0 spiro atoms. The summed E-state index contributed by atoms with van der Waals surface area (Å²) in [6.45, 7) is 6.05. The van der Waals surface area contributed by atoms with Gasteiger partial charge in [0, 0.05) is 26.7 Å². The number of benzene rings is 2. The molecule has 0 amide bonds. The Balaban J connectivity index is 2.54. The summed E-state index contributed by atoms with van der Waals surface area (Å²) in [4.78, 5) is -0.0153. The average molecular weight is 442 g/mol. The van der Waals surface area contributed by atoms with Gasteiger partial charge >= 0.3 is 10.2 Å². The Morgan fingerprint density at radius 3 is 2.07 bits per heavy atom. The maximum atomic E-state index is 12.9. The van der Waals surface area contributed by atoms with Crippen LogP contribution >= 0.6 is 0 Å². The molecule has 0 atom stereocenters. The first-order chi connectivity index (χ1) is 13.7. The van der Waals surface area contributed by atoms with E-state index in [4.69, 9.17) is 4.74 Å². The summed E-state index contributed by atoms with van der Waals surface area (Å²) in [5.41, 5.74) is 0.0439. The van der Waals surface area contributed by atoms with Crippen molar-refractivity contribution in [1.82, 2.24) is 8.61 Å². The highest BCUT2D eigenvalue weighted by molar-refractivity contribution is 7.90. The fourth-order valence-corrected chi connectivity index (χ4v) is 4.97. The molecule has 29 heavy (non-hydrogen) atoms. The number of nitrogens with one attached hydrogen (secondary N) is 1. The molecule has 0 heterocycles. The number of nitrogens with zero attached hydrogens (tertiary/aromatic N) is 2. The average Bonchev–Trinajstić information content (AvgIpc) is 2.69. The van der Waals surface area contributed by atoms with E-state index in [0.29, 0.717) is 18.8 Å². The van der Waals surface area contributed by atoms with E-state index in [1.54, 1.807) is 45.0 Å². The van der Waals surface area contributed by atoms with Crippen molar-refractivity contribution in [3.63, 3.8) is 0 Å². The van der Waals surface area contributed by atoms with E-state index in [9.17, 15) is 16.8 Å². The van der Waals surface area contributed by atoms with Crippen molar-refractivity contribution in [3.05, 3.63) is 48.5 Å². The third-order valence-electron chi connectivity index (χ3n) is 4.36. The summed E-state index contributed by atoms with van der Waals surface area (Å²) in [6, 6.07) is 13.0. The van der Waals surface area contributed by atoms with Crippen molar-refractivity contribution in [1.29, 1.82) is 0 Å². The lowest BCUT2D eigenvalue weighted by Crippen LogP contribution is -2.33. The van der Waals surface area contributed by atoms with Gasteiger partial charge in [-0.25, -0.2) is 8.42 Å². The van der Waals surface area contributed by atoms with Crippen LogP contribution in [0.5, 0.6) is 11.5 Å². The van der Waals surface area contributed by atoms with Gasteiger partial charge in [-0.05, 0) is 30.3 Å². The summed E-state index contributed by atoms with van der Waals surface area (Å²) >= 11 is 0. The molecule has 8 nitrogen and oxygen atoms in total. The quantitative estimate of drug-likeness (QED) is 0.611. The molecule has 1 N–H and O–H groups in total. The SMILES string of the molecule is CCN(C)S(=O)(=O)Nc1cc(S(=O)(=O)N(CC)CC)ccc1Oc1ccccc1. The fraction of sp³-hybridized carbons (Fsp3) is 0.368. The Bertz CT molecular complexity index is 1020. The first-order valence-corrected chi connectivity index (χ1v) is 12.1. The van der Waals surface area contributed by atoms with Gasteiger partial charge in [-0.2, -0.15) is 17.0 Å². The number of ether oxygens (including phenoxy) is 1. The van der Waals surface area contributed by atoms with E-state index in [0.717, 1.165) is 4.31 Å². The van der Waals surface area contributed by atoms with Crippen LogP contribution in [0.15, 0.2) is 53.4 Å². The van der Waals surface area contributed by atoms with Crippen LogP contribution < -0.4 is 9.46 Å². The zero-order valence-corrected chi connectivity index (χ0v) is 18.6. The molecule has 0 saturated carbocycles. The Kier molecular flexibility index (Phi) is 7.64. The second-order valence-electron chi connectivity index (χ2n) is 6.18. The molecule has 0 aliphatic heterocycles. The number of sulfonamides is 1. The maximum Gasteiger partial charge on any atom is 0.301 e. The van der Waals surface area contributed by atoms with Crippen LogP contribution in [-0.2, 0) is 20.2 Å².